The van der Waals surface area contributed by atoms with Crippen LogP contribution in [0.4, 0.5) is 20.3 Å². The van der Waals surface area contributed by atoms with Crippen LogP contribution in [0, 0.1) is 11.6 Å². The molecule has 152 valence electrons. The highest BCUT2D eigenvalue weighted by Gasteiger charge is 2.23. The summed E-state index contributed by atoms with van der Waals surface area (Å²) in [5, 5.41) is 3.20. The summed E-state index contributed by atoms with van der Waals surface area (Å²) < 4.78 is 47.4. The summed E-state index contributed by atoms with van der Waals surface area (Å²) in [5.74, 6) is 0.360. The fourth-order valence-corrected chi connectivity index (χ4v) is 3.41. The number of methoxy groups -OCH3 is 1. The maximum Gasteiger partial charge on any atom is 0.200 e. The highest BCUT2D eigenvalue weighted by molar-refractivity contribution is 5.81. The number of rotatable bonds is 4. The van der Waals surface area contributed by atoms with E-state index in [2.05, 4.69) is 15.3 Å². The molecule has 1 aliphatic heterocycles. The van der Waals surface area contributed by atoms with Gasteiger partial charge in [-0.1, -0.05) is 6.07 Å². The first-order valence-corrected chi connectivity index (χ1v) is 9.17. The highest BCUT2D eigenvalue weighted by atomic mass is 19.1. The van der Waals surface area contributed by atoms with Crippen LogP contribution in [0.5, 0.6) is 17.4 Å². The summed E-state index contributed by atoms with van der Waals surface area (Å²) >= 11 is 0. The van der Waals surface area contributed by atoms with Crippen molar-refractivity contribution in [2.45, 2.75) is 0 Å². The Labute approximate surface area is 169 Å². The smallest absolute Gasteiger partial charge is 0.200 e. The second-order valence-corrected chi connectivity index (χ2v) is 6.53. The van der Waals surface area contributed by atoms with Crippen LogP contribution >= 0.6 is 0 Å². The molecular formula is C21H16F2N4O3. The predicted molar refractivity (Wildman–Crippen MR) is 106 cm³/mol. The summed E-state index contributed by atoms with van der Waals surface area (Å²) in [6.45, 7) is 0.924. The lowest BCUT2D eigenvalue weighted by Gasteiger charge is -2.19. The van der Waals surface area contributed by atoms with Gasteiger partial charge in [-0.2, -0.15) is 0 Å². The van der Waals surface area contributed by atoms with Crippen LogP contribution in [0.1, 0.15) is 0 Å². The maximum absolute atomic E-state index is 14.5. The molecule has 9 heteroatoms. The van der Waals surface area contributed by atoms with Crippen LogP contribution in [-0.4, -0.2) is 34.7 Å². The molecule has 0 radical (unpaired) electrons. The number of halogens is 2. The standard InChI is InChI=1S/C21H16F2N4O3/c1-28-18-4-2-3-17-26-20(19-13(22)10-24-11-14(19)23)21(27(17)18)25-12-5-6-15-16(9-12)30-8-7-29-15/h2-6,9-11,25H,7-8H2,1H3. The van der Waals surface area contributed by atoms with Crippen LogP contribution < -0.4 is 19.5 Å². The number of imidazole rings is 1. The van der Waals surface area contributed by atoms with Gasteiger partial charge in [0.1, 0.15) is 30.4 Å². The molecule has 0 saturated carbocycles. The molecule has 0 spiro atoms. The largest absolute Gasteiger partial charge is 0.486 e. The quantitative estimate of drug-likeness (QED) is 0.544. The average Bonchev–Trinajstić information content (AvgIpc) is 3.11. The van der Waals surface area contributed by atoms with Crippen molar-refractivity contribution in [2.24, 2.45) is 0 Å². The van der Waals surface area contributed by atoms with Crippen LogP contribution in [0.3, 0.4) is 0 Å². The lowest BCUT2D eigenvalue weighted by Crippen LogP contribution is -2.15. The Bertz CT molecular complexity index is 1240. The zero-order chi connectivity index (χ0) is 20.7. The van der Waals surface area contributed by atoms with E-state index >= 15 is 0 Å². The minimum atomic E-state index is -0.817. The van der Waals surface area contributed by atoms with Gasteiger partial charge < -0.3 is 19.5 Å². The van der Waals surface area contributed by atoms with Crippen LogP contribution in [0.2, 0.25) is 0 Å². The average molecular weight is 410 g/mol. The van der Waals surface area contributed by atoms with E-state index in [4.69, 9.17) is 14.2 Å². The Morgan fingerprint density at radius 1 is 1.03 bits per heavy atom. The van der Waals surface area contributed by atoms with Gasteiger partial charge in [-0.15, -0.1) is 0 Å². The van der Waals surface area contributed by atoms with E-state index < -0.39 is 11.6 Å². The minimum Gasteiger partial charge on any atom is -0.486 e. The number of hydrogen-bond acceptors (Lipinski definition) is 6. The van der Waals surface area contributed by atoms with E-state index in [0.717, 1.165) is 12.4 Å². The van der Waals surface area contributed by atoms with Crippen LogP contribution in [0.15, 0.2) is 48.8 Å². The molecule has 0 amide bonds. The SMILES string of the molecule is COc1cccc2nc(-c3c(F)cncc3F)c(Nc3ccc4c(c3)OCCO4)n12. The Balaban J connectivity index is 1.71. The molecule has 0 fully saturated rings. The molecule has 0 aliphatic carbocycles. The van der Waals surface area contributed by atoms with Crippen molar-refractivity contribution < 1.29 is 23.0 Å². The monoisotopic (exact) mass is 410 g/mol. The molecule has 0 atom stereocenters. The maximum atomic E-state index is 14.5. The van der Waals surface area contributed by atoms with E-state index in [0.29, 0.717) is 47.7 Å². The van der Waals surface area contributed by atoms with Crippen molar-refractivity contribution in [3.63, 3.8) is 0 Å². The topological polar surface area (TPSA) is 69.9 Å². The van der Waals surface area contributed by atoms with E-state index in [1.165, 1.54) is 7.11 Å². The molecule has 1 N–H and O–H groups in total. The van der Waals surface area contributed by atoms with Crippen molar-refractivity contribution in [3.05, 3.63) is 60.4 Å². The lowest BCUT2D eigenvalue weighted by molar-refractivity contribution is 0.171. The van der Waals surface area contributed by atoms with Crippen LogP contribution in [0.25, 0.3) is 16.9 Å². The number of aromatic nitrogens is 3. The fraction of sp³-hybridized carbons (Fsp3) is 0.143. The molecule has 4 heterocycles. The van der Waals surface area contributed by atoms with Gasteiger partial charge in [-0.25, -0.2) is 18.2 Å². The molecule has 1 aliphatic rings. The van der Waals surface area contributed by atoms with Gasteiger partial charge in [0, 0.05) is 11.8 Å². The number of pyridine rings is 2. The van der Waals surface area contributed by atoms with Crippen molar-refractivity contribution in [3.8, 4) is 28.6 Å². The van der Waals surface area contributed by atoms with E-state index in [1.807, 2.05) is 0 Å². The number of fused-ring (bicyclic) bond motifs is 2. The van der Waals surface area contributed by atoms with Crippen molar-refractivity contribution in [2.75, 3.05) is 25.6 Å². The first kappa shape index (κ1) is 18.2. The summed E-state index contributed by atoms with van der Waals surface area (Å²) in [5.41, 5.74) is 0.894. The predicted octanol–water partition coefficient (Wildman–Crippen LogP) is 4.20. The first-order chi connectivity index (χ1) is 14.7. The third-order valence-corrected chi connectivity index (χ3v) is 4.71. The molecule has 5 rings (SSSR count). The fourth-order valence-electron chi connectivity index (χ4n) is 3.41. The summed E-state index contributed by atoms with van der Waals surface area (Å²) in [4.78, 5) is 8.01. The molecule has 0 bridgehead atoms. The zero-order valence-electron chi connectivity index (χ0n) is 15.9. The second kappa shape index (κ2) is 7.18. The number of hydrogen-bond donors (Lipinski definition) is 1. The second-order valence-electron chi connectivity index (χ2n) is 6.53. The van der Waals surface area contributed by atoms with Gasteiger partial charge in [0.25, 0.3) is 0 Å². The molecule has 30 heavy (non-hydrogen) atoms. The van der Waals surface area contributed by atoms with Gasteiger partial charge in [0.15, 0.2) is 23.1 Å². The van der Waals surface area contributed by atoms with Gasteiger partial charge >= 0.3 is 0 Å². The lowest BCUT2D eigenvalue weighted by atomic mass is 10.1. The number of nitrogens with one attached hydrogen (secondary N) is 1. The highest BCUT2D eigenvalue weighted by Crippen LogP contribution is 2.38. The first-order valence-electron chi connectivity index (χ1n) is 9.17. The number of benzene rings is 1. The number of anilines is 2. The molecule has 0 unspecified atom stereocenters. The third kappa shape index (κ3) is 2.95. The summed E-state index contributed by atoms with van der Waals surface area (Å²) in [7, 11) is 1.51. The Morgan fingerprint density at radius 2 is 1.80 bits per heavy atom. The Kier molecular flexibility index (Phi) is 4.35. The Morgan fingerprint density at radius 3 is 2.57 bits per heavy atom. The number of nitrogens with zero attached hydrogens (tertiary/aromatic N) is 3. The molecule has 1 aromatic carbocycles. The van der Waals surface area contributed by atoms with Crippen molar-refractivity contribution in [1.29, 1.82) is 0 Å². The van der Waals surface area contributed by atoms with Gasteiger partial charge in [-0.3, -0.25) is 4.98 Å². The van der Waals surface area contributed by atoms with Gasteiger partial charge in [0.05, 0.1) is 25.1 Å². The summed E-state index contributed by atoms with van der Waals surface area (Å²) in [6.07, 6.45) is 1.90. The van der Waals surface area contributed by atoms with E-state index in [-0.39, 0.29) is 11.3 Å². The summed E-state index contributed by atoms with van der Waals surface area (Å²) in [6, 6.07) is 10.5. The third-order valence-electron chi connectivity index (χ3n) is 4.71. The van der Waals surface area contributed by atoms with E-state index in [9.17, 15) is 8.78 Å². The van der Waals surface area contributed by atoms with Crippen molar-refractivity contribution >= 4 is 17.2 Å². The normalized spacial score (nSPS) is 12.8. The zero-order valence-corrected chi connectivity index (χ0v) is 15.9. The van der Waals surface area contributed by atoms with Gasteiger partial charge in [-0.05, 0) is 24.3 Å². The molecule has 7 nitrogen and oxygen atoms in total. The Hall–Kier alpha value is -3.88. The van der Waals surface area contributed by atoms with Crippen LogP contribution in [-0.2, 0) is 0 Å². The van der Waals surface area contributed by atoms with Crippen molar-refractivity contribution in [1.82, 2.24) is 14.4 Å². The van der Waals surface area contributed by atoms with E-state index in [1.54, 1.807) is 40.8 Å². The molecule has 3 aromatic heterocycles. The molecule has 4 aromatic rings. The minimum absolute atomic E-state index is 0.0896. The van der Waals surface area contributed by atoms with Gasteiger partial charge in [0.2, 0.25) is 5.88 Å². The number of ether oxygens (including phenoxy) is 3. The molecular weight excluding hydrogens is 394 g/mol. The molecule has 0 saturated heterocycles.